The van der Waals surface area contributed by atoms with Gasteiger partial charge in [0.15, 0.2) is 5.65 Å². The molecule has 26 heavy (non-hydrogen) atoms. The van der Waals surface area contributed by atoms with E-state index in [2.05, 4.69) is 33.7 Å². The quantitative estimate of drug-likeness (QED) is 0.705. The van der Waals surface area contributed by atoms with Crippen molar-refractivity contribution in [2.75, 3.05) is 13.1 Å². The zero-order valence-corrected chi connectivity index (χ0v) is 15.9. The molecule has 7 nitrogen and oxygen atoms in total. The Morgan fingerprint density at radius 2 is 2.27 bits per heavy atom. The molecule has 1 saturated heterocycles. The van der Waals surface area contributed by atoms with Crippen LogP contribution in [-0.2, 0) is 6.54 Å². The van der Waals surface area contributed by atoms with Crippen molar-refractivity contribution in [1.29, 1.82) is 0 Å². The van der Waals surface area contributed by atoms with Gasteiger partial charge in [0.1, 0.15) is 4.88 Å². The molecule has 8 heteroatoms. The lowest BCUT2D eigenvalue weighted by Crippen LogP contribution is -2.39. The second-order valence-corrected chi connectivity index (χ2v) is 7.55. The van der Waals surface area contributed by atoms with Gasteiger partial charge in [0.05, 0.1) is 11.9 Å². The van der Waals surface area contributed by atoms with Crippen molar-refractivity contribution in [2.24, 2.45) is 0 Å². The van der Waals surface area contributed by atoms with Crippen molar-refractivity contribution < 1.29 is 4.79 Å². The molecule has 4 rings (SSSR count). The normalized spacial score (nSPS) is 17.8. The summed E-state index contributed by atoms with van der Waals surface area (Å²) in [6, 6.07) is 4.17. The van der Waals surface area contributed by atoms with E-state index in [9.17, 15) is 4.79 Å². The Hall–Kier alpha value is -2.35. The summed E-state index contributed by atoms with van der Waals surface area (Å²) in [6.07, 6.45) is 4.93. The van der Waals surface area contributed by atoms with Crippen LogP contribution in [0.15, 0.2) is 18.3 Å². The van der Waals surface area contributed by atoms with Crippen LogP contribution >= 0.6 is 11.5 Å². The number of aryl methyl sites for hydroxylation is 2. The van der Waals surface area contributed by atoms with Crippen molar-refractivity contribution >= 4 is 28.5 Å². The predicted molar refractivity (Wildman–Crippen MR) is 100 cm³/mol. The van der Waals surface area contributed by atoms with Crippen LogP contribution in [0.2, 0.25) is 0 Å². The maximum atomic E-state index is 12.8. The number of carbonyl (C=O) groups excluding carboxylic acids is 1. The third-order valence-corrected chi connectivity index (χ3v) is 5.73. The highest BCUT2D eigenvalue weighted by atomic mass is 32.1. The molecular weight excluding hydrogens is 348 g/mol. The van der Waals surface area contributed by atoms with E-state index < -0.39 is 0 Å². The fraction of sp³-hybridized carbons (Fsp3) is 0.500. The fourth-order valence-corrected chi connectivity index (χ4v) is 4.17. The first-order chi connectivity index (χ1) is 12.7. The van der Waals surface area contributed by atoms with Crippen LogP contribution in [0.25, 0.3) is 11.0 Å². The highest BCUT2D eigenvalue weighted by Gasteiger charge is 2.28. The van der Waals surface area contributed by atoms with Gasteiger partial charge in [-0.05, 0) is 49.9 Å². The summed E-state index contributed by atoms with van der Waals surface area (Å²) in [4.78, 5) is 20.3. The number of hydrogen-bond donors (Lipinski definition) is 0. The SMILES string of the molecule is CCCn1ncc2ccc([C@@H]3CCCN(C(=O)c4snnc4C)C3)nc21. The lowest BCUT2D eigenvalue weighted by Gasteiger charge is -2.32. The molecule has 1 aliphatic rings. The van der Waals surface area contributed by atoms with Crippen molar-refractivity contribution in [3.8, 4) is 0 Å². The van der Waals surface area contributed by atoms with Gasteiger partial charge in [-0.25, -0.2) is 9.67 Å². The first-order valence-electron chi connectivity index (χ1n) is 9.08. The topological polar surface area (TPSA) is 76.8 Å². The molecule has 3 aromatic heterocycles. The number of aromatic nitrogens is 5. The van der Waals surface area contributed by atoms with Gasteiger partial charge < -0.3 is 4.90 Å². The third kappa shape index (κ3) is 3.09. The molecule has 0 unspecified atom stereocenters. The molecule has 136 valence electrons. The van der Waals surface area contributed by atoms with Crippen LogP contribution in [0.1, 0.15) is 53.2 Å². The second-order valence-electron chi connectivity index (χ2n) is 6.79. The van der Waals surface area contributed by atoms with Crippen LogP contribution in [0.5, 0.6) is 0 Å². The summed E-state index contributed by atoms with van der Waals surface area (Å²) in [7, 11) is 0. The predicted octanol–water partition coefficient (Wildman–Crippen LogP) is 3.02. The molecule has 1 fully saturated rings. The number of pyridine rings is 1. The van der Waals surface area contributed by atoms with Crippen LogP contribution in [0, 0.1) is 6.92 Å². The maximum Gasteiger partial charge on any atom is 0.267 e. The van der Waals surface area contributed by atoms with Crippen molar-refractivity contribution in [3.05, 3.63) is 34.6 Å². The third-order valence-electron chi connectivity index (χ3n) is 4.92. The Bertz CT molecular complexity index is 933. The molecule has 1 amide bonds. The first kappa shape index (κ1) is 17.1. The van der Waals surface area contributed by atoms with Gasteiger partial charge in [-0.15, -0.1) is 5.10 Å². The standard InChI is InChI=1S/C18H22N6OS/c1-3-8-24-17-13(10-19-24)6-7-15(20-17)14-5-4-9-23(11-14)18(25)16-12(2)21-22-26-16/h6-7,10,14H,3-5,8-9,11H2,1-2H3/t14-/m1/s1. The van der Waals surface area contributed by atoms with Gasteiger partial charge in [-0.3, -0.25) is 4.79 Å². The van der Waals surface area contributed by atoms with E-state index in [1.165, 1.54) is 11.5 Å². The van der Waals surface area contributed by atoms with Gasteiger partial charge in [-0.1, -0.05) is 11.4 Å². The molecule has 0 aromatic carbocycles. The molecular formula is C18H22N6OS. The average Bonchev–Trinajstić information content (AvgIpc) is 3.27. The summed E-state index contributed by atoms with van der Waals surface area (Å²) in [5, 5.41) is 9.47. The maximum absolute atomic E-state index is 12.8. The molecule has 1 atom stereocenters. The van der Waals surface area contributed by atoms with E-state index in [0.717, 1.165) is 49.1 Å². The van der Waals surface area contributed by atoms with Crippen LogP contribution in [-0.4, -0.2) is 48.2 Å². The monoisotopic (exact) mass is 370 g/mol. The summed E-state index contributed by atoms with van der Waals surface area (Å²) in [5.74, 6) is 0.294. The fourth-order valence-electron chi connectivity index (χ4n) is 3.55. The smallest absolute Gasteiger partial charge is 0.267 e. The largest absolute Gasteiger partial charge is 0.337 e. The number of fused-ring (bicyclic) bond motifs is 1. The van der Waals surface area contributed by atoms with Gasteiger partial charge in [0.2, 0.25) is 0 Å². The number of rotatable bonds is 4. The molecule has 4 heterocycles. The molecule has 0 aliphatic carbocycles. The highest BCUT2D eigenvalue weighted by molar-refractivity contribution is 7.07. The lowest BCUT2D eigenvalue weighted by molar-refractivity contribution is 0.0710. The summed E-state index contributed by atoms with van der Waals surface area (Å²) < 4.78 is 5.86. The lowest BCUT2D eigenvalue weighted by atomic mass is 9.94. The van der Waals surface area contributed by atoms with Crippen molar-refractivity contribution in [1.82, 2.24) is 29.3 Å². The minimum Gasteiger partial charge on any atom is -0.337 e. The average molecular weight is 370 g/mol. The van der Waals surface area contributed by atoms with Crippen LogP contribution in [0.3, 0.4) is 0 Å². The van der Waals surface area contributed by atoms with E-state index in [1.807, 2.05) is 22.7 Å². The number of amides is 1. The number of nitrogens with zero attached hydrogens (tertiary/aromatic N) is 6. The zero-order valence-electron chi connectivity index (χ0n) is 15.1. The van der Waals surface area contributed by atoms with Gasteiger partial charge >= 0.3 is 0 Å². The first-order valence-corrected chi connectivity index (χ1v) is 9.85. The van der Waals surface area contributed by atoms with Crippen LogP contribution < -0.4 is 0 Å². The van der Waals surface area contributed by atoms with Crippen LogP contribution in [0.4, 0.5) is 0 Å². The van der Waals surface area contributed by atoms with E-state index in [4.69, 9.17) is 4.98 Å². The highest BCUT2D eigenvalue weighted by Crippen LogP contribution is 2.28. The molecule has 0 spiro atoms. The molecule has 3 aromatic rings. The van der Waals surface area contributed by atoms with E-state index in [-0.39, 0.29) is 11.8 Å². The Kier molecular flexibility index (Phi) is 4.67. The number of likely N-dealkylation sites (tertiary alicyclic amines) is 1. The molecule has 0 bridgehead atoms. The number of carbonyl (C=O) groups is 1. The van der Waals surface area contributed by atoms with Crippen molar-refractivity contribution in [2.45, 2.75) is 45.6 Å². The van der Waals surface area contributed by atoms with Gasteiger partial charge in [-0.2, -0.15) is 5.10 Å². The summed E-state index contributed by atoms with van der Waals surface area (Å²) in [6.45, 7) is 6.31. The molecule has 0 saturated carbocycles. The zero-order chi connectivity index (χ0) is 18.1. The summed E-state index contributed by atoms with van der Waals surface area (Å²) >= 11 is 1.18. The Morgan fingerprint density at radius 3 is 3.04 bits per heavy atom. The Balaban J connectivity index is 1.57. The summed E-state index contributed by atoms with van der Waals surface area (Å²) in [5.41, 5.74) is 2.70. The minimum absolute atomic E-state index is 0.0410. The molecule has 0 radical (unpaired) electrons. The van der Waals surface area contributed by atoms with Gasteiger partial charge in [0.25, 0.3) is 5.91 Å². The Morgan fingerprint density at radius 1 is 1.38 bits per heavy atom. The van der Waals surface area contributed by atoms with E-state index in [0.29, 0.717) is 17.1 Å². The van der Waals surface area contributed by atoms with Gasteiger partial charge in [0, 0.05) is 36.6 Å². The number of piperidine rings is 1. The van der Waals surface area contributed by atoms with Crippen molar-refractivity contribution in [3.63, 3.8) is 0 Å². The Labute approximate surface area is 156 Å². The number of hydrogen-bond acceptors (Lipinski definition) is 6. The minimum atomic E-state index is 0.0410. The molecule has 1 aliphatic heterocycles. The van der Waals surface area contributed by atoms with E-state index in [1.54, 1.807) is 0 Å². The molecule has 0 N–H and O–H groups in total. The second kappa shape index (κ2) is 7.11. The van der Waals surface area contributed by atoms with E-state index >= 15 is 0 Å².